The van der Waals surface area contributed by atoms with E-state index in [4.69, 9.17) is 0 Å². The number of nitrogens with zero attached hydrogens (tertiary/aromatic N) is 2. The topological polar surface area (TPSA) is 87.3 Å². The number of carbonyl (C=O) groups is 3. The lowest BCUT2D eigenvalue weighted by molar-refractivity contribution is -0.957. The summed E-state index contributed by atoms with van der Waals surface area (Å²) in [6.45, 7) is 7.43. The van der Waals surface area contributed by atoms with Crippen molar-refractivity contribution in [2.45, 2.75) is 46.3 Å². The van der Waals surface area contributed by atoms with Gasteiger partial charge in [0.2, 0.25) is 0 Å². The molecular weight excluding hydrogens is 511 g/mol. The lowest BCUT2D eigenvalue weighted by atomic mass is 10.0. The minimum absolute atomic E-state index is 0.0878. The third-order valence-corrected chi connectivity index (χ3v) is 6.01. The lowest BCUT2D eigenvalue weighted by Crippen LogP contribution is -2.67. The first-order valence-corrected chi connectivity index (χ1v) is 12.8. The molecule has 3 amide bonds. The van der Waals surface area contributed by atoms with Crippen molar-refractivity contribution in [2.75, 3.05) is 39.0 Å². The van der Waals surface area contributed by atoms with Gasteiger partial charge in [-0.15, -0.1) is 0 Å². The number of carbonyl (C=O) groups excluding carboxylic acids is 3. The summed E-state index contributed by atoms with van der Waals surface area (Å²) in [6, 6.07) is 16.7. The van der Waals surface area contributed by atoms with Gasteiger partial charge >= 0.3 is 18.0 Å². The van der Waals surface area contributed by atoms with E-state index in [1.807, 2.05) is 60.0 Å². The minimum atomic E-state index is -5.09. The number of nitrogens with one attached hydrogen (secondary N) is 3. The van der Waals surface area contributed by atoms with E-state index in [0.717, 1.165) is 11.1 Å². The van der Waals surface area contributed by atoms with E-state index in [1.54, 1.807) is 20.9 Å². The van der Waals surface area contributed by atoms with Gasteiger partial charge in [-0.3, -0.25) is 14.4 Å². The summed E-state index contributed by atoms with van der Waals surface area (Å²) >= 11 is 0. The molecule has 2 aromatic rings. The number of quaternary nitrogens is 2. The predicted molar refractivity (Wildman–Crippen MR) is 143 cm³/mol. The molecule has 0 spiro atoms. The first-order valence-electron chi connectivity index (χ1n) is 12.8. The van der Waals surface area contributed by atoms with E-state index in [0.29, 0.717) is 11.6 Å². The number of hydrogen-bond donors (Lipinski definition) is 3. The van der Waals surface area contributed by atoms with E-state index in [1.165, 1.54) is 7.05 Å². The number of likely N-dealkylation sites (N-methyl/N-ethyl adjacent to an activating group) is 2. The maximum Gasteiger partial charge on any atom is 0.476 e. The van der Waals surface area contributed by atoms with Crippen LogP contribution >= 0.6 is 0 Å². The second-order valence-electron chi connectivity index (χ2n) is 11.1. The van der Waals surface area contributed by atoms with E-state index < -0.39 is 29.1 Å². The second kappa shape index (κ2) is 13.1. The SMILES string of the molecule is CC(C)C[N+](C)(CC(=O)N[N+](C)(CC(=O)Nc1ccc(C(C)C)cc1)Cc1ccccc1)NC(=O)C(F)(F)F. The highest BCUT2D eigenvalue weighted by Crippen LogP contribution is 2.19. The van der Waals surface area contributed by atoms with Crippen molar-refractivity contribution in [1.29, 1.82) is 0 Å². The molecule has 0 bridgehead atoms. The van der Waals surface area contributed by atoms with Crippen LogP contribution in [0.15, 0.2) is 54.6 Å². The zero-order valence-corrected chi connectivity index (χ0v) is 23.4. The first kappa shape index (κ1) is 31.8. The Morgan fingerprint density at radius 1 is 0.795 bits per heavy atom. The molecule has 0 heterocycles. The Labute approximate surface area is 228 Å². The van der Waals surface area contributed by atoms with Crippen molar-refractivity contribution in [3.63, 3.8) is 0 Å². The maximum atomic E-state index is 13.2. The van der Waals surface area contributed by atoms with Crippen molar-refractivity contribution in [3.8, 4) is 0 Å². The molecule has 2 unspecified atom stereocenters. The molecule has 0 radical (unpaired) electrons. The fraction of sp³-hybridized carbons (Fsp3) is 0.464. The average Bonchev–Trinajstić information content (AvgIpc) is 2.77. The van der Waals surface area contributed by atoms with Crippen LogP contribution in [-0.2, 0) is 20.9 Å². The summed E-state index contributed by atoms with van der Waals surface area (Å²) in [6.07, 6.45) is -5.09. The summed E-state index contributed by atoms with van der Waals surface area (Å²) in [5.41, 5.74) is 7.34. The van der Waals surface area contributed by atoms with Gasteiger partial charge in [0, 0.05) is 17.2 Å². The van der Waals surface area contributed by atoms with E-state index in [9.17, 15) is 27.6 Å². The van der Waals surface area contributed by atoms with Crippen molar-refractivity contribution in [1.82, 2.24) is 10.9 Å². The Hall–Kier alpha value is -3.44. The lowest BCUT2D eigenvalue weighted by Gasteiger charge is -2.37. The standard InChI is InChI=1S/C28H38F3N5O3/c1-20(2)16-35(5,34-27(39)28(29,30)31)19-26(38)33-36(6,17-22-10-8-7-9-11-22)18-25(37)32-24-14-12-23(13-15-24)21(3)4/h7-15,20-21H,16-19H2,1-6H3,(H-2,32,33,34,37,38,39)/p+2. The smallest absolute Gasteiger partial charge is 0.321 e. The Balaban J connectivity index is 2.23. The zero-order chi connectivity index (χ0) is 29.4. The van der Waals surface area contributed by atoms with Crippen LogP contribution in [-0.4, -0.2) is 66.8 Å². The van der Waals surface area contributed by atoms with Crippen LogP contribution in [0.25, 0.3) is 0 Å². The Morgan fingerprint density at radius 3 is 1.87 bits per heavy atom. The molecule has 2 aromatic carbocycles. The molecule has 0 saturated carbocycles. The summed E-state index contributed by atoms with van der Waals surface area (Å²) in [4.78, 5) is 38.0. The number of amides is 3. The summed E-state index contributed by atoms with van der Waals surface area (Å²) in [7, 11) is 3.02. The van der Waals surface area contributed by atoms with Gasteiger partial charge in [-0.05, 0) is 23.6 Å². The molecule has 0 aromatic heterocycles. The minimum Gasteiger partial charge on any atom is -0.321 e. The largest absolute Gasteiger partial charge is 0.476 e. The van der Waals surface area contributed by atoms with Gasteiger partial charge in [-0.1, -0.05) is 70.2 Å². The highest BCUT2D eigenvalue weighted by molar-refractivity contribution is 5.91. The number of anilines is 1. The summed E-state index contributed by atoms with van der Waals surface area (Å²) in [5, 5.41) is 2.85. The van der Waals surface area contributed by atoms with Gasteiger partial charge in [0.1, 0.15) is 13.1 Å². The molecule has 0 aliphatic carbocycles. The fourth-order valence-electron chi connectivity index (χ4n) is 4.51. The highest BCUT2D eigenvalue weighted by Gasteiger charge is 2.44. The molecule has 0 aliphatic heterocycles. The second-order valence-corrected chi connectivity index (χ2v) is 11.1. The molecule has 0 fully saturated rings. The number of hydrogen-bond acceptors (Lipinski definition) is 3. The van der Waals surface area contributed by atoms with Gasteiger partial charge in [0.05, 0.1) is 14.1 Å². The molecular formula is C28H40F3N5O3+2. The van der Waals surface area contributed by atoms with E-state index in [-0.39, 0.29) is 36.1 Å². The normalized spacial score (nSPS) is 14.8. The van der Waals surface area contributed by atoms with Crippen LogP contribution in [0.4, 0.5) is 18.9 Å². The van der Waals surface area contributed by atoms with Crippen LogP contribution in [0.2, 0.25) is 0 Å². The van der Waals surface area contributed by atoms with Gasteiger partial charge in [0.25, 0.3) is 5.91 Å². The molecule has 0 aliphatic rings. The van der Waals surface area contributed by atoms with Crippen LogP contribution < -0.4 is 16.2 Å². The maximum absolute atomic E-state index is 13.2. The van der Waals surface area contributed by atoms with E-state index >= 15 is 0 Å². The van der Waals surface area contributed by atoms with Crippen LogP contribution in [0.5, 0.6) is 0 Å². The third-order valence-electron chi connectivity index (χ3n) is 6.01. The van der Waals surface area contributed by atoms with Crippen molar-refractivity contribution in [3.05, 3.63) is 65.7 Å². The zero-order valence-electron chi connectivity index (χ0n) is 23.4. The highest BCUT2D eigenvalue weighted by atomic mass is 19.4. The van der Waals surface area contributed by atoms with Crippen LogP contribution in [0.1, 0.15) is 44.7 Å². The van der Waals surface area contributed by atoms with Crippen molar-refractivity contribution in [2.24, 2.45) is 5.92 Å². The molecule has 214 valence electrons. The molecule has 2 atom stereocenters. The molecule has 0 saturated heterocycles. The molecule has 3 N–H and O–H groups in total. The number of rotatable bonds is 12. The quantitative estimate of drug-likeness (QED) is 0.274. The van der Waals surface area contributed by atoms with Crippen LogP contribution in [0.3, 0.4) is 0 Å². The molecule has 11 heteroatoms. The monoisotopic (exact) mass is 551 g/mol. The fourth-order valence-corrected chi connectivity index (χ4v) is 4.51. The average molecular weight is 552 g/mol. The van der Waals surface area contributed by atoms with Crippen LogP contribution in [0, 0.1) is 5.92 Å². The number of benzene rings is 2. The van der Waals surface area contributed by atoms with Gasteiger partial charge in [-0.2, -0.15) is 24.0 Å². The van der Waals surface area contributed by atoms with E-state index in [2.05, 4.69) is 24.6 Å². The third kappa shape index (κ3) is 10.7. The van der Waals surface area contributed by atoms with Gasteiger partial charge < -0.3 is 5.32 Å². The van der Waals surface area contributed by atoms with Gasteiger partial charge in [-0.25, -0.2) is 9.18 Å². The summed E-state index contributed by atoms with van der Waals surface area (Å²) < 4.78 is 38.1. The van der Waals surface area contributed by atoms with Crippen molar-refractivity contribution < 1.29 is 36.7 Å². The Morgan fingerprint density at radius 2 is 1.36 bits per heavy atom. The molecule has 39 heavy (non-hydrogen) atoms. The number of alkyl halides is 3. The molecule has 8 nitrogen and oxygen atoms in total. The Bertz CT molecular complexity index is 1120. The first-order chi connectivity index (χ1) is 18.0. The Kier molecular flexibility index (Phi) is 10.7. The predicted octanol–water partition coefficient (Wildman–Crippen LogP) is 4.12. The van der Waals surface area contributed by atoms with Gasteiger partial charge in [0.15, 0.2) is 13.1 Å². The number of halogens is 3. The van der Waals surface area contributed by atoms with Crippen molar-refractivity contribution >= 4 is 23.4 Å². The summed E-state index contributed by atoms with van der Waals surface area (Å²) in [5.74, 6) is -2.86. The molecule has 2 rings (SSSR count).